The maximum atomic E-state index is 10.4. The molecule has 18 heavy (non-hydrogen) atoms. The summed E-state index contributed by atoms with van der Waals surface area (Å²) in [5, 5.41) is 10.4. The minimum atomic E-state index is -0.623. The van der Waals surface area contributed by atoms with Crippen LogP contribution in [-0.2, 0) is 4.74 Å². The fourth-order valence-corrected chi connectivity index (χ4v) is 1.91. The Bertz CT molecular complexity index is 377. The highest BCUT2D eigenvalue weighted by Crippen LogP contribution is 2.33. The molecule has 2 unspecified atom stereocenters. The van der Waals surface area contributed by atoms with Crippen LogP contribution in [0.2, 0.25) is 0 Å². The van der Waals surface area contributed by atoms with Crippen LogP contribution in [-0.4, -0.2) is 23.9 Å². The molecule has 0 saturated heterocycles. The van der Waals surface area contributed by atoms with Gasteiger partial charge in [-0.15, -0.1) is 0 Å². The van der Waals surface area contributed by atoms with E-state index in [-0.39, 0.29) is 0 Å². The normalized spacial score (nSPS) is 20.2. The fraction of sp³-hybridized carbons (Fsp3) is 0.600. The molecule has 1 fully saturated rings. The zero-order valence-corrected chi connectivity index (χ0v) is 11.3. The molecule has 1 aromatic carbocycles. The van der Waals surface area contributed by atoms with Crippen LogP contribution in [0.1, 0.15) is 44.8 Å². The van der Waals surface area contributed by atoms with Gasteiger partial charge in [-0.05, 0) is 43.9 Å². The molecule has 0 heterocycles. The van der Waals surface area contributed by atoms with Crippen LogP contribution in [0.5, 0.6) is 5.75 Å². The molecule has 1 N–H and O–H groups in total. The predicted octanol–water partition coefficient (Wildman–Crippen LogP) is 3.08. The summed E-state index contributed by atoms with van der Waals surface area (Å²) in [7, 11) is 1.64. The van der Waals surface area contributed by atoms with E-state index in [9.17, 15) is 5.11 Å². The number of benzene rings is 1. The van der Waals surface area contributed by atoms with Gasteiger partial charge in [-0.2, -0.15) is 0 Å². The van der Waals surface area contributed by atoms with Crippen molar-refractivity contribution < 1.29 is 14.6 Å². The number of methoxy groups -OCH3 is 1. The Morgan fingerprint density at radius 3 is 2.39 bits per heavy atom. The molecular formula is C15H22O3. The molecular weight excluding hydrogens is 228 g/mol. The summed E-state index contributed by atoms with van der Waals surface area (Å²) in [6.45, 7) is 3.93. The van der Waals surface area contributed by atoms with Gasteiger partial charge >= 0.3 is 0 Å². The summed E-state index contributed by atoms with van der Waals surface area (Å²) >= 11 is 0. The van der Waals surface area contributed by atoms with Crippen molar-refractivity contribution in [1.29, 1.82) is 0 Å². The van der Waals surface area contributed by atoms with E-state index in [1.165, 1.54) is 0 Å². The van der Waals surface area contributed by atoms with Gasteiger partial charge in [0.2, 0.25) is 0 Å². The lowest BCUT2D eigenvalue weighted by Crippen LogP contribution is -2.34. The summed E-state index contributed by atoms with van der Waals surface area (Å²) in [5.41, 5.74) is 0.322. The first-order chi connectivity index (χ1) is 8.59. The molecule has 2 atom stereocenters. The molecule has 1 aliphatic carbocycles. The lowest BCUT2D eigenvalue weighted by molar-refractivity contribution is -0.0944. The maximum absolute atomic E-state index is 10.4. The SMILES string of the molecule is CCC(C)(OC)C(O)c1ccc(OC2CC2)cc1. The molecule has 0 spiro atoms. The summed E-state index contributed by atoms with van der Waals surface area (Å²) in [4.78, 5) is 0. The molecule has 3 nitrogen and oxygen atoms in total. The van der Waals surface area contributed by atoms with Crippen molar-refractivity contribution in [2.45, 2.75) is 50.9 Å². The summed E-state index contributed by atoms with van der Waals surface area (Å²) < 4.78 is 11.1. The number of aliphatic hydroxyl groups is 1. The van der Waals surface area contributed by atoms with Crippen molar-refractivity contribution >= 4 is 0 Å². The number of hydrogen-bond acceptors (Lipinski definition) is 3. The third-order valence-corrected chi connectivity index (χ3v) is 3.77. The van der Waals surface area contributed by atoms with Gasteiger partial charge in [-0.25, -0.2) is 0 Å². The largest absolute Gasteiger partial charge is 0.490 e. The minimum Gasteiger partial charge on any atom is -0.490 e. The second-order valence-electron chi connectivity index (χ2n) is 5.16. The lowest BCUT2D eigenvalue weighted by atomic mass is 9.90. The average molecular weight is 250 g/mol. The second-order valence-corrected chi connectivity index (χ2v) is 5.16. The van der Waals surface area contributed by atoms with Crippen LogP contribution in [0, 0.1) is 0 Å². The van der Waals surface area contributed by atoms with E-state index in [0.717, 1.165) is 30.6 Å². The van der Waals surface area contributed by atoms with E-state index < -0.39 is 11.7 Å². The van der Waals surface area contributed by atoms with Crippen LogP contribution in [0.15, 0.2) is 24.3 Å². The van der Waals surface area contributed by atoms with E-state index in [1.807, 2.05) is 38.1 Å². The van der Waals surface area contributed by atoms with Crippen molar-refractivity contribution in [1.82, 2.24) is 0 Å². The summed E-state index contributed by atoms with van der Waals surface area (Å²) in [5.74, 6) is 0.879. The molecule has 0 amide bonds. The Balaban J connectivity index is 2.07. The number of ether oxygens (including phenoxy) is 2. The highest BCUT2D eigenvalue weighted by molar-refractivity contribution is 5.30. The minimum absolute atomic E-state index is 0.403. The third-order valence-electron chi connectivity index (χ3n) is 3.77. The monoisotopic (exact) mass is 250 g/mol. The Kier molecular flexibility index (Phi) is 3.93. The first kappa shape index (κ1) is 13.4. The first-order valence-corrected chi connectivity index (χ1v) is 6.59. The zero-order valence-electron chi connectivity index (χ0n) is 11.3. The van der Waals surface area contributed by atoms with E-state index in [0.29, 0.717) is 6.10 Å². The van der Waals surface area contributed by atoms with Crippen molar-refractivity contribution in [3.63, 3.8) is 0 Å². The van der Waals surface area contributed by atoms with Crippen LogP contribution in [0.25, 0.3) is 0 Å². The van der Waals surface area contributed by atoms with E-state index in [1.54, 1.807) is 7.11 Å². The molecule has 2 rings (SSSR count). The molecule has 1 aromatic rings. The summed E-state index contributed by atoms with van der Waals surface area (Å²) in [6, 6.07) is 7.66. The molecule has 100 valence electrons. The fourth-order valence-electron chi connectivity index (χ4n) is 1.91. The maximum Gasteiger partial charge on any atom is 0.119 e. The second kappa shape index (κ2) is 5.29. The Morgan fingerprint density at radius 1 is 1.33 bits per heavy atom. The van der Waals surface area contributed by atoms with Gasteiger partial charge in [-0.1, -0.05) is 19.1 Å². The van der Waals surface area contributed by atoms with Gasteiger partial charge in [-0.3, -0.25) is 0 Å². The molecule has 0 aromatic heterocycles. The lowest BCUT2D eigenvalue weighted by Gasteiger charge is -2.32. The van der Waals surface area contributed by atoms with Gasteiger partial charge in [0.25, 0.3) is 0 Å². The number of rotatable bonds is 6. The van der Waals surface area contributed by atoms with Crippen LogP contribution < -0.4 is 4.74 Å². The average Bonchev–Trinajstić information content (AvgIpc) is 3.22. The van der Waals surface area contributed by atoms with Crippen molar-refractivity contribution in [2.24, 2.45) is 0 Å². The van der Waals surface area contributed by atoms with Crippen LogP contribution >= 0.6 is 0 Å². The quantitative estimate of drug-likeness (QED) is 0.843. The van der Waals surface area contributed by atoms with Crippen molar-refractivity contribution in [3.8, 4) is 5.75 Å². The van der Waals surface area contributed by atoms with Crippen molar-refractivity contribution in [2.75, 3.05) is 7.11 Å². The van der Waals surface area contributed by atoms with E-state index in [4.69, 9.17) is 9.47 Å². The van der Waals surface area contributed by atoms with Gasteiger partial charge in [0.15, 0.2) is 0 Å². The highest BCUT2D eigenvalue weighted by Gasteiger charge is 2.32. The van der Waals surface area contributed by atoms with Gasteiger partial charge in [0.1, 0.15) is 11.9 Å². The predicted molar refractivity (Wildman–Crippen MR) is 70.8 cm³/mol. The van der Waals surface area contributed by atoms with Gasteiger partial charge in [0.05, 0.1) is 11.7 Å². The Morgan fingerprint density at radius 2 is 1.94 bits per heavy atom. The molecule has 1 aliphatic rings. The zero-order chi connectivity index (χ0) is 13.2. The Hall–Kier alpha value is -1.06. The molecule has 0 radical (unpaired) electrons. The summed E-state index contributed by atoms with van der Waals surface area (Å²) in [6.07, 6.45) is 2.85. The standard InChI is InChI=1S/C15H22O3/c1-4-15(2,17-3)14(16)11-5-7-12(8-6-11)18-13-9-10-13/h5-8,13-14,16H,4,9-10H2,1-3H3. The van der Waals surface area contributed by atoms with Gasteiger partial charge < -0.3 is 14.6 Å². The van der Waals surface area contributed by atoms with Gasteiger partial charge in [0, 0.05) is 7.11 Å². The Labute approximate surface area is 109 Å². The van der Waals surface area contributed by atoms with Crippen LogP contribution in [0.3, 0.4) is 0 Å². The van der Waals surface area contributed by atoms with Crippen LogP contribution in [0.4, 0.5) is 0 Å². The molecule has 3 heteroatoms. The molecule has 0 aliphatic heterocycles. The van der Waals surface area contributed by atoms with E-state index >= 15 is 0 Å². The van der Waals surface area contributed by atoms with E-state index in [2.05, 4.69) is 0 Å². The number of hydrogen-bond donors (Lipinski definition) is 1. The molecule has 0 bridgehead atoms. The third kappa shape index (κ3) is 2.85. The molecule has 1 saturated carbocycles. The number of aliphatic hydroxyl groups excluding tert-OH is 1. The topological polar surface area (TPSA) is 38.7 Å². The smallest absolute Gasteiger partial charge is 0.119 e. The first-order valence-electron chi connectivity index (χ1n) is 6.59. The van der Waals surface area contributed by atoms with Crippen molar-refractivity contribution in [3.05, 3.63) is 29.8 Å². The highest BCUT2D eigenvalue weighted by atomic mass is 16.5.